The van der Waals surface area contributed by atoms with Crippen molar-refractivity contribution in [3.63, 3.8) is 0 Å². The third kappa shape index (κ3) is 9.21. The van der Waals surface area contributed by atoms with E-state index in [1.165, 1.54) is 0 Å². The molecule has 1 nitrogen and oxygen atoms in total. The van der Waals surface area contributed by atoms with Gasteiger partial charge in [0.05, 0.1) is 0 Å². The molecular formula is CHKNPd-. The molecule has 0 unspecified atom stereocenters. The average Bonchev–Trinajstić information content (AvgIpc) is 1.00. The van der Waals surface area contributed by atoms with Crippen molar-refractivity contribution in [1.29, 1.82) is 5.26 Å². The van der Waals surface area contributed by atoms with Crippen LogP contribution >= 0.6 is 0 Å². The van der Waals surface area contributed by atoms with Crippen LogP contribution in [0.4, 0.5) is 0 Å². The van der Waals surface area contributed by atoms with Crippen LogP contribution in [0.1, 0.15) is 1.43 Å². The standard InChI is InChI=1S/CN.K.Pd.H/c1-2;;;/q-1;+1;;-1. The van der Waals surface area contributed by atoms with Gasteiger partial charge in [-0.05, 0) is 0 Å². The summed E-state index contributed by atoms with van der Waals surface area (Å²) in [7, 11) is 0. The van der Waals surface area contributed by atoms with Crippen molar-refractivity contribution in [3.05, 3.63) is 6.57 Å². The summed E-state index contributed by atoms with van der Waals surface area (Å²) in [6.45, 7) is 4.75. The molecule has 0 aliphatic heterocycles. The maximum absolute atomic E-state index is 6.25. The summed E-state index contributed by atoms with van der Waals surface area (Å²) >= 11 is 0. The molecule has 0 aromatic rings. The van der Waals surface area contributed by atoms with E-state index in [9.17, 15) is 0 Å². The summed E-state index contributed by atoms with van der Waals surface area (Å²) in [5, 5.41) is 6.25. The molecule has 0 amide bonds. The third-order valence-electron chi connectivity index (χ3n) is 0. The maximum atomic E-state index is 6.25. The van der Waals surface area contributed by atoms with Gasteiger partial charge in [-0.25, -0.2) is 0 Å². The number of hydrogen-bond donors (Lipinski definition) is 0. The molecule has 0 N–H and O–H groups in total. The van der Waals surface area contributed by atoms with Gasteiger partial charge in [0.1, 0.15) is 0 Å². The van der Waals surface area contributed by atoms with Gasteiger partial charge in [0.25, 0.3) is 0 Å². The molecule has 0 aromatic carbocycles. The Hall–Kier alpha value is 1.79. The Morgan fingerprint density at radius 3 is 1.50 bits per heavy atom. The summed E-state index contributed by atoms with van der Waals surface area (Å²) in [4.78, 5) is 0. The minimum absolute atomic E-state index is 0. The molecule has 0 heterocycles. The van der Waals surface area contributed by atoms with E-state index in [0.29, 0.717) is 0 Å². The van der Waals surface area contributed by atoms with Crippen molar-refractivity contribution >= 4 is 0 Å². The van der Waals surface area contributed by atoms with Crippen LogP contribution in [0.2, 0.25) is 0 Å². The zero-order valence-corrected chi connectivity index (χ0v) is 6.94. The number of rotatable bonds is 0. The Balaban J connectivity index is -0.00000000167. The van der Waals surface area contributed by atoms with Crippen molar-refractivity contribution in [1.82, 2.24) is 0 Å². The molecule has 0 aromatic heterocycles. The van der Waals surface area contributed by atoms with Crippen LogP contribution in [0.5, 0.6) is 0 Å². The van der Waals surface area contributed by atoms with Crippen LogP contribution in [-0.2, 0) is 20.4 Å². The molecular weight excluding hydrogens is 172 g/mol. The van der Waals surface area contributed by atoms with E-state index in [-0.39, 0.29) is 73.2 Å². The molecule has 0 fully saturated rings. The van der Waals surface area contributed by atoms with Crippen molar-refractivity contribution in [2.75, 3.05) is 0 Å². The molecule has 0 aliphatic rings. The molecule has 0 radical (unpaired) electrons. The largest absolute Gasteiger partial charge is 1.00 e. The van der Waals surface area contributed by atoms with Gasteiger partial charge in [0, 0.05) is 20.4 Å². The molecule has 4 heavy (non-hydrogen) atoms. The Morgan fingerprint density at radius 1 is 1.50 bits per heavy atom. The van der Waals surface area contributed by atoms with Crippen molar-refractivity contribution in [2.24, 2.45) is 0 Å². The van der Waals surface area contributed by atoms with E-state index in [1.807, 2.05) is 0 Å². The van der Waals surface area contributed by atoms with Gasteiger partial charge >= 0.3 is 51.4 Å². The predicted octanol–water partition coefficient (Wildman–Crippen LogP) is -2.79. The molecule has 3 heteroatoms. The zero-order valence-electron chi connectivity index (χ0n) is 3.26. The third-order valence-corrected chi connectivity index (χ3v) is 0. The second-order valence-corrected chi connectivity index (χ2v) is 0. The normalized spacial score (nSPS) is 0.500. The van der Waals surface area contributed by atoms with Crippen LogP contribution in [-0.4, -0.2) is 0 Å². The Bertz CT molecular complexity index is 16.4. The molecule has 0 saturated carbocycles. The minimum atomic E-state index is 0. The molecule has 0 spiro atoms. The Kier molecular flexibility index (Phi) is 91.7. The molecule has 0 saturated heterocycles. The topological polar surface area (TPSA) is 23.8 Å². The van der Waals surface area contributed by atoms with Crippen molar-refractivity contribution in [3.8, 4) is 0 Å². The quantitative estimate of drug-likeness (QED) is 0.286. The predicted molar refractivity (Wildman–Crippen MR) is 6.08 cm³/mol. The van der Waals surface area contributed by atoms with Crippen LogP contribution in [0.3, 0.4) is 0 Å². The second-order valence-electron chi connectivity index (χ2n) is 0. The van der Waals surface area contributed by atoms with Crippen LogP contribution < -0.4 is 51.4 Å². The van der Waals surface area contributed by atoms with E-state index in [2.05, 4.69) is 0 Å². The summed E-state index contributed by atoms with van der Waals surface area (Å²) in [6.07, 6.45) is 0. The van der Waals surface area contributed by atoms with Crippen LogP contribution in [0.15, 0.2) is 0 Å². The summed E-state index contributed by atoms with van der Waals surface area (Å²) in [5.41, 5.74) is 0. The van der Waals surface area contributed by atoms with E-state index in [0.717, 1.165) is 0 Å². The summed E-state index contributed by atoms with van der Waals surface area (Å²) < 4.78 is 0. The summed E-state index contributed by atoms with van der Waals surface area (Å²) in [6, 6.07) is 0. The SMILES string of the molecule is [C-]#N.[H-].[K+].[Pd]. The first kappa shape index (κ1) is 17.1. The van der Waals surface area contributed by atoms with Gasteiger partial charge in [-0.15, -0.1) is 0 Å². The molecule has 0 bridgehead atoms. The molecule has 0 atom stereocenters. The average molecular weight is 173 g/mol. The molecule has 0 rings (SSSR count). The van der Waals surface area contributed by atoms with Crippen LogP contribution in [0.25, 0.3) is 0 Å². The maximum Gasteiger partial charge on any atom is 1.00 e. The van der Waals surface area contributed by atoms with Crippen molar-refractivity contribution in [2.45, 2.75) is 0 Å². The van der Waals surface area contributed by atoms with Gasteiger partial charge in [0.2, 0.25) is 0 Å². The first-order chi connectivity index (χ1) is 1.00. The summed E-state index contributed by atoms with van der Waals surface area (Å²) in [5.74, 6) is 0. The van der Waals surface area contributed by atoms with Crippen molar-refractivity contribution < 1.29 is 73.2 Å². The minimum Gasteiger partial charge on any atom is -1.00 e. The molecule has 22 valence electrons. The van der Waals surface area contributed by atoms with Crippen LogP contribution in [0, 0.1) is 11.8 Å². The Morgan fingerprint density at radius 2 is 1.50 bits per heavy atom. The van der Waals surface area contributed by atoms with E-state index in [1.54, 1.807) is 0 Å². The Labute approximate surface area is 83.3 Å². The van der Waals surface area contributed by atoms with E-state index in [4.69, 9.17) is 11.8 Å². The molecule has 0 aliphatic carbocycles. The van der Waals surface area contributed by atoms with Gasteiger partial charge in [-0.2, -0.15) is 0 Å². The fourth-order valence-electron chi connectivity index (χ4n) is 0. The zero-order chi connectivity index (χ0) is 2.00. The first-order valence-corrected chi connectivity index (χ1v) is 0.224. The van der Waals surface area contributed by atoms with E-state index < -0.39 is 0 Å². The first-order valence-electron chi connectivity index (χ1n) is 0.224. The second kappa shape index (κ2) is 21.5. The van der Waals surface area contributed by atoms with Gasteiger partial charge < -0.3 is 13.3 Å². The number of nitrogens with zero attached hydrogens (tertiary/aromatic N) is 1. The van der Waals surface area contributed by atoms with Gasteiger partial charge in [0.15, 0.2) is 0 Å². The number of hydrogen-bond acceptors (Lipinski definition) is 1. The smallest absolute Gasteiger partial charge is 1.00 e. The van der Waals surface area contributed by atoms with Gasteiger partial charge in [-0.3, -0.25) is 0 Å². The fourth-order valence-corrected chi connectivity index (χ4v) is 0. The van der Waals surface area contributed by atoms with Gasteiger partial charge in [-0.1, -0.05) is 0 Å². The monoisotopic (exact) mass is 172 g/mol. The fraction of sp³-hybridized carbons (Fsp3) is 0. The van der Waals surface area contributed by atoms with E-state index >= 15 is 0 Å².